The molecular weight excluding hydrogens is 532 g/mol. The van der Waals surface area contributed by atoms with Crippen molar-refractivity contribution >= 4 is 50.7 Å². The summed E-state index contributed by atoms with van der Waals surface area (Å²) in [5, 5.41) is 1.88. The van der Waals surface area contributed by atoms with Crippen molar-refractivity contribution in [3.63, 3.8) is 0 Å². The number of aromatic nitrogens is 2. The van der Waals surface area contributed by atoms with E-state index in [0.717, 1.165) is 44.9 Å². The molecule has 0 fully saturated rings. The Morgan fingerprint density at radius 1 is 0.651 bits per heavy atom. The van der Waals surface area contributed by atoms with E-state index >= 15 is 0 Å². The minimum atomic E-state index is -0.250. The molecule has 1 aliphatic heterocycles. The van der Waals surface area contributed by atoms with E-state index in [2.05, 4.69) is 50.8 Å². The van der Waals surface area contributed by atoms with E-state index in [1.165, 1.54) is 11.1 Å². The highest BCUT2D eigenvalue weighted by Crippen LogP contribution is 2.48. The molecule has 5 aromatic rings. The van der Waals surface area contributed by atoms with E-state index in [1.54, 1.807) is 6.08 Å². The fourth-order valence-electron chi connectivity index (χ4n) is 6.22. The van der Waals surface area contributed by atoms with E-state index in [-0.39, 0.29) is 29.0 Å². The number of carbonyl (C=O) groups excluding carboxylic acids is 2. The number of nitrogens with zero attached hydrogens (tertiary/aromatic N) is 4. The van der Waals surface area contributed by atoms with E-state index in [4.69, 9.17) is 9.97 Å². The second kappa shape index (κ2) is 10.0. The average molecular weight is 565 g/mol. The van der Waals surface area contributed by atoms with Crippen LogP contribution in [0, 0.1) is 0 Å². The molecule has 43 heavy (non-hydrogen) atoms. The first-order valence-electron chi connectivity index (χ1n) is 14.7. The molecule has 1 aliphatic carbocycles. The SMILES string of the molecule is CC(C)c1cccc(C(C)C)c1N1/C(=C/C=C2C(=O)c3cc4ccccc4cc3C2=O)N(C)c2nc3ccccc3nc21. The number of para-hydroxylation sites is 3. The van der Waals surface area contributed by atoms with Crippen LogP contribution in [-0.2, 0) is 0 Å². The van der Waals surface area contributed by atoms with Gasteiger partial charge in [0.2, 0.25) is 0 Å². The lowest BCUT2D eigenvalue weighted by atomic mass is 9.92. The van der Waals surface area contributed by atoms with E-state index in [9.17, 15) is 9.59 Å². The zero-order valence-electron chi connectivity index (χ0n) is 24.9. The molecule has 0 amide bonds. The first kappa shape index (κ1) is 26.8. The third-order valence-electron chi connectivity index (χ3n) is 8.47. The molecule has 0 spiro atoms. The van der Waals surface area contributed by atoms with Gasteiger partial charge in [-0.25, -0.2) is 9.97 Å². The maximum absolute atomic E-state index is 13.6. The van der Waals surface area contributed by atoms with Crippen LogP contribution in [0.1, 0.15) is 71.4 Å². The Labute approximate surface area is 251 Å². The molecule has 4 aromatic carbocycles. The van der Waals surface area contributed by atoms with Crippen LogP contribution in [0.2, 0.25) is 0 Å². The predicted octanol–water partition coefficient (Wildman–Crippen LogP) is 8.46. The molecule has 0 saturated carbocycles. The lowest BCUT2D eigenvalue weighted by molar-refractivity contribution is 0.0988. The van der Waals surface area contributed by atoms with Crippen LogP contribution in [0.15, 0.2) is 102 Å². The minimum absolute atomic E-state index is 0.161. The van der Waals surface area contributed by atoms with Crippen molar-refractivity contribution in [2.45, 2.75) is 39.5 Å². The fraction of sp³-hybridized carbons (Fsp3) is 0.189. The molecule has 0 N–H and O–H groups in total. The normalized spacial score (nSPS) is 15.5. The number of anilines is 3. The van der Waals surface area contributed by atoms with Crippen LogP contribution in [0.25, 0.3) is 21.8 Å². The van der Waals surface area contributed by atoms with Crippen LogP contribution in [-0.4, -0.2) is 28.6 Å². The van der Waals surface area contributed by atoms with Crippen LogP contribution in [0.4, 0.5) is 17.3 Å². The molecule has 6 nitrogen and oxygen atoms in total. The van der Waals surface area contributed by atoms with Crippen molar-refractivity contribution in [3.8, 4) is 0 Å². The van der Waals surface area contributed by atoms with Gasteiger partial charge in [0.1, 0.15) is 5.82 Å². The monoisotopic (exact) mass is 564 g/mol. The van der Waals surface area contributed by atoms with Crippen molar-refractivity contribution in [2.75, 3.05) is 16.8 Å². The highest BCUT2D eigenvalue weighted by atomic mass is 16.2. The van der Waals surface area contributed by atoms with Crippen molar-refractivity contribution < 1.29 is 9.59 Å². The average Bonchev–Trinajstić information content (AvgIpc) is 3.40. The van der Waals surface area contributed by atoms with Gasteiger partial charge >= 0.3 is 0 Å². The highest BCUT2D eigenvalue weighted by molar-refractivity contribution is 6.40. The van der Waals surface area contributed by atoms with Crippen LogP contribution in [0.5, 0.6) is 0 Å². The highest BCUT2D eigenvalue weighted by Gasteiger charge is 2.37. The number of allylic oxidation sites excluding steroid dienone is 3. The fourth-order valence-corrected chi connectivity index (χ4v) is 6.22. The second-order valence-corrected chi connectivity index (χ2v) is 11.9. The number of ketones is 2. The number of fused-ring (bicyclic) bond motifs is 4. The molecule has 2 aliphatic rings. The van der Waals surface area contributed by atoms with Crippen molar-refractivity contribution in [3.05, 3.63) is 125 Å². The van der Waals surface area contributed by atoms with Gasteiger partial charge in [0.25, 0.3) is 0 Å². The number of Topliss-reactive ketones (excluding diaryl/α,β-unsaturated/α-hetero) is 2. The number of rotatable bonds is 4. The van der Waals surface area contributed by atoms with Crippen molar-refractivity contribution in [2.24, 2.45) is 0 Å². The molecule has 6 heteroatoms. The summed E-state index contributed by atoms with van der Waals surface area (Å²) in [4.78, 5) is 41.4. The summed E-state index contributed by atoms with van der Waals surface area (Å²) in [5.41, 5.74) is 6.11. The maximum Gasteiger partial charge on any atom is 0.197 e. The Morgan fingerprint density at radius 3 is 1.70 bits per heavy atom. The van der Waals surface area contributed by atoms with E-state index in [1.807, 2.05) is 78.7 Å². The smallest absolute Gasteiger partial charge is 0.197 e. The van der Waals surface area contributed by atoms with Gasteiger partial charge in [-0.3, -0.25) is 14.5 Å². The number of hydrogen-bond acceptors (Lipinski definition) is 6. The maximum atomic E-state index is 13.6. The minimum Gasteiger partial charge on any atom is -0.312 e. The third kappa shape index (κ3) is 4.16. The van der Waals surface area contributed by atoms with E-state index in [0.29, 0.717) is 11.1 Å². The molecule has 0 radical (unpaired) electrons. The summed E-state index contributed by atoms with van der Waals surface area (Å²) >= 11 is 0. The number of carbonyl (C=O) groups is 2. The molecule has 0 atom stereocenters. The Morgan fingerprint density at radius 2 is 1.16 bits per heavy atom. The number of hydrogen-bond donors (Lipinski definition) is 0. The largest absolute Gasteiger partial charge is 0.312 e. The molecule has 1 aromatic heterocycles. The molecule has 0 saturated heterocycles. The van der Waals surface area contributed by atoms with Gasteiger partial charge in [-0.1, -0.05) is 82.3 Å². The van der Waals surface area contributed by atoms with Gasteiger partial charge in [0.05, 0.1) is 22.3 Å². The molecular formula is C37H32N4O2. The van der Waals surface area contributed by atoms with E-state index < -0.39 is 0 Å². The Hall–Kier alpha value is -5.10. The van der Waals surface area contributed by atoms with Gasteiger partial charge in [-0.2, -0.15) is 0 Å². The lowest BCUT2D eigenvalue weighted by Crippen LogP contribution is -2.24. The van der Waals surface area contributed by atoms with Gasteiger partial charge in [0, 0.05) is 18.2 Å². The Balaban J connectivity index is 1.44. The zero-order valence-corrected chi connectivity index (χ0v) is 24.9. The topological polar surface area (TPSA) is 66.4 Å². The van der Waals surface area contributed by atoms with Gasteiger partial charge in [-0.05, 0) is 70.2 Å². The third-order valence-corrected chi connectivity index (χ3v) is 8.47. The van der Waals surface area contributed by atoms with Gasteiger partial charge in [-0.15, -0.1) is 0 Å². The predicted molar refractivity (Wildman–Crippen MR) is 173 cm³/mol. The van der Waals surface area contributed by atoms with Crippen LogP contribution >= 0.6 is 0 Å². The lowest BCUT2D eigenvalue weighted by Gasteiger charge is -2.29. The Kier molecular flexibility index (Phi) is 6.24. The first-order valence-corrected chi connectivity index (χ1v) is 14.7. The molecule has 2 heterocycles. The quantitative estimate of drug-likeness (QED) is 0.161. The molecule has 0 bridgehead atoms. The van der Waals surface area contributed by atoms with Crippen LogP contribution < -0.4 is 9.80 Å². The summed E-state index contributed by atoms with van der Waals surface area (Å²) < 4.78 is 0. The molecule has 7 rings (SSSR count). The summed E-state index contributed by atoms with van der Waals surface area (Å²) in [6.45, 7) is 8.77. The van der Waals surface area contributed by atoms with Crippen molar-refractivity contribution in [1.82, 2.24) is 9.97 Å². The van der Waals surface area contributed by atoms with Gasteiger partial charge in [0.15, 0.2) is 23.2 Å². The standard InChI is InChI=1S/C37H32N4O2/c1-21(2)25-13-10-14-26(22(3)4)33(25)41-32(40(5)36-37(41)39-31-16-9-8-15-30(31)38-36)18-17-27-34(42)28-19-23-11-6-7-12-24(23)20-29(28)35(27)43/h6-22H,1-5H3/b32-18+. The van der Waals surface area contributed by atoms with Crippen LogP contribution in [0.3, 0.4) is 0 Å². The first-order chi connectivity index (χ1) is 20.7. The summed E-state index contributed by atoms with van der Waals surface area (Å²) in [5.74, 6) is 2.21. The summed E-state index contributed by atoms with van der Waals surface area (Å²) in [6.07, 6.45) is 3.54. The number of benzene rings is 4. The van der Waals surface area contributed by atoms with Gasteiger partial charge < -0.3 is 4.90 Å². The zero-order chi connectivity index (χ0) is 30.0. The molecule has 0 unspecified atom stereocenters. The second-order valence-electron chi connectivity index (χ2n) is 11.9. The summed E-state index contributed by atoms with van der Waals surface area (Å²) in [6, 6.07) is 25.8. The Bertz CT molecular complexity index is 1970. The molecule has 212 valence electrons. The van der Waals surface area contributed by atoms with Crippen molar-refractivity contribution in [1.29, 1.82) is 0 Å². The summed E-state index contributed by atoms with van der Waals surface area (Å²) in [7, 11) is 1.96.